The maximum atomic E-state index is 12.2. The summed E-state index contributed by atoms with van der Waals surface area (Å²) in [6.45, 7) is 3.94. The van der Waals surface area contributed by atoms with E-state index in [-0.39, 0.29) is 11.6 Å². The average molecular weight is 400 g/mol. The normalized spacial score (nSPS) is 14.9. The second kappa shape index (κ2) is 8.31. The average Bonchev–Trinajstić information content (AvgIpc) is 3.42. The van der Waals surface area contributed by atoms with Gasteiger partial charge in [-0.25, -0.2) is 19.1 Å². The van der Waals surface area contributed by atoms with Crippen LogP contribution in [0.4, 0.5) is 9.93 Å². The lowest BCUT2D eigenvalue weighted by atomic mass is 10.3. The predicted molar refractivity (Wildman–Crippen MR) is 105 cm³/mol. The number of hydrogen-bond donors (Lipinski definition) is 1. The highest BCUT2D eigenvalue weighted by Gasteiger charge is 2.21. The van der Waals surface area contributed by atoms with E-state index in [9.17, 15) is 9.59 Å². The molecule has 0 aliphatic carbocycles. The van der Waals surface area contributed by atoms with Crippen molar-refractivity contribution in [3.8, 4) is 5.82 Å². The molecule has 0 unspecified atom stereocenters. The third-order valence-corrected chi connectivity index (χ3v) is 5.21. The largest absolute Gasteiger partial charge is 0.323 e. The van der Waals surface area contributed by atoms with Gasteiger partial charge in [-0.1, -0.05) is 0 Å². The number of nitrogens with one attached hydrogen (secondary N) is 1. The fraction of sp³-hybridized carbons (Fsp3) is 0.353. The number of carbonyl (C=O) groups excluding carboxylic acids is 1. The number of amides is 2. The first-order chi connectivity index (χ1) is 13.7. The lowest BCUT2D eigenvalue weighted by Gasteiger charge is -2.34. The first-order valence-corrected chi connectivity index (χ1v) is 9.83. The van der Waals surface area contributed by atoms with Gasteiger partial charge in [0.05, 0.1) is 6.54 Å². The van der Waals surface area contributed by atoms with E-state index in [1.807, 2.05) is 5.38 Å². The predicted octanol–water partition coefficient (Wildman–Crippen LogP) is 0.735. The SMILES string of the molecule is O=C(Nc1nccs1)N1CCN(CCn2nc(-n3cccn3)ccc2=O)CC1. The molecule has 10 nitrogen and oxygen atoms in total. The van der Waals surface area contributed by atoms with Gasteiger partial charge in [-0.15, -0.1) is 16.4 Å². The van der Waals surface area contributed by atoms with Crippen LogP contribution in [0, 0.1) is 0 Å². The maximum Gasteiger partial charge on any atom is 0.323 e. The van der Waals surface area contributed by atoms with Gasteiger partial charge in [-0.05, 0) is 12.1 Å². The molecular formula is C17H20N8O2S. The number of urea groups is 1. The van der Waals surface area contributed by atoms with Crippen LogP contribution in [-0.4, -0.2) is 73.1 Å². The smallest absolute Gasteiger partial charge is 0.322 e. The lowest BCUT2D eigenvalue weighted by Crippen LogP contribution is -2.50. The van der Waals surface area contributed by atoms with Gasteiger partial charge in [0.1, 0.15) is 0 Å². The van der Waals surface area contributed by atoms with Gasteiger partial charge < -0.3 is 4.90 Å². The molecule has 28 heavy (non-hydrogen) atoms. The van der Waals surface area contributed by atoms with Crippen LogP contribution in [0.25, 0.3) is 5.82 Å². The van der Waals surface area contributed by atoms with E-state index in [1.54, 1.807) is 40.3 Å². The molecule has 11 heteroatoms. The van der Waals surface area contributed by atoms with E-state index in [2.05, 4.69) is 25.4 Å². The molecule has 0 saturated carbocycles. The zero-order valence-corrected chi connectivity index (χ0v) is 16.0. The number of thiazole rings is 1. The third kappa shape index (κ3) is 4.26. The zero-order valence-electron chi connectivity index (χ0n) is 15.1. The molecule has 1 saturated heterocycles. The van der Waals surface area contributed by atoms with Crippen LogP contribution in [0.2, 0.25) is 0 Å². The van der Waals surface area contributed by atoms with Crippen LogP contribution in [-0.2, 0) is 6.54 Å². The summed E-state index contributed by atoms with van der Waals surface area (Å²) in [4.78, 5) is 32.4. The molecule has 3 aromatic heterocycles. The van der Waals surface area contributed by atoms with Crippen molar-refractivity contribution in [2.24, 2.45) is 0 Å². The highest BCUT2D eigenvalue weighted by molar-refractivity contribution is 7.13. The van der Waals surface area contributed by atoms with E-state index < -0.39 is 0 Å². The Balaban J connectivity index is 1.29. The van der Waals surface area contributed by atoms with Crippen LogP contribution < -0.4 is 10.9 Å². The van der Waals surface area contributed by atoms with Crippen LogP contribution in [0.5, 0.6) is 0 Å². The van der Waals surface area contributed by atoms with Gasteiger partial charge in [0.25, 0.3) is 5.56 Å². The summed E-state index contributed by atoms with van der Waals surface area (Å²) in [5, 5.41) is 13.8. The van der Waals surface area contributed by atoms with Gasteiger partial charge >= 0.3 is 6.03 Å². The van der Waals surface area contributed by atoms with Gasteiger partial charge in [-0.3, -0.25) is 15.0 Å². The number of nitrogens with zero attached hydrogens (tertiary/aromatic N) is 7. The molecule has 1 N–H and O–H groups in total. The standard InChI is InChI=1S/C17H20N8O2S/c26-15-3-2-14(24-6-1-4-19-24)21-25(15)12-9-22-7-10-23(11-8-22)17(27)20-16-18-5-13-28-16/h1-6,13H,7-12H2,(H,18,20,27). The number of piperazine rings is 1. The van der Waals surface area contributed by atoms with Gasteiger partial charge in [0, 0.05) is 62.8 Å². The lowest BCUT2D eigenvalue weighted by molar-refractivity contribution is 0.143. The van der Waals surface area contributed by atoms with Crippen LogP contribution in [0.15, 0.2) is 47.0 Å². The van der Waals surface area contributed by atoms with Crippen molar-refractivity contribution in [1.29, 1.82) is 0 Å². The first-order valence-electron chi connectivity index (χ1n) is 8.95. The maximum absolute atomic E-state index is 12.2. The highest BCUT2D eigenvalue weighted by Crippen LogP contribution is 2.12. The molecule has 0 atom stereocenters. The van der Waals surface area contributed by atoms with Crippen LogP contribution in [0.3, 0.4) is 0 Å². The summed E-state index contributed by atoms with van der Waals surface area (Å²) >= 11 is 1.40. The summed E-state index contributed by atoms with van der Waals surface area (Å²) < 4.78 is 3.08. The third-order valence-electron chi connectivity index (χ3n) is 4.53. The summed E-state index contributed by atoms with van der Waals surface area (Å²) in [5.41, 5.74) is -0.141. The molecule has 0 spiro atoms. The minimum atomic E-state index is -0.141. The monoisotopic (exact) mass is 400 g/mol. The van der Waals surface area contributed by atoms with Crippen molar-refractivity contribution in [3.05, 3.63) is 52.5 Å². The van der Waals surface area contributed by atoms with Crippen molar-refractivity contribution in [1.82, 2.24) is 34.3 Å². The van der Waals surface area contributed by atoms with Gasteiger partial charge in [-0.2, -0.15) is 5.10 Å². The van der Waals surface area contributed by atoms with Crippen molar-refractivity contribution >= 4 is 22.5 Å². The quantitative estimate of drug-likeness (QED) is 0.678. The molecule has 146 valence electrons. The topological polar surface area (TPSA) is 101 Å². The molecule has 1 aliphatic heterocycles. The van der Waals surface area contributed by atoms with Crippen LogP contribution >= 0.6 is 11.3 Å². The number of carbonyl (C=O) groups is 1. The summed E-state index contributed by atoms with van der Waals surface area (Å²) in [6.07, 6.45) is 5.12. The molecule has 0 radical (unpaired) electrons. The minimum absolute atomic E-state index is 0.126. The Morgan fingerprint density at radius 2 is 2.00 bits per heavy atom. The Morgan fingerprint density at radius 3 is 2.71 bits per heavy atom. The molecule has 4 heterocycles. The second-order valence-electron chi connectivity index (χ2n) is 6.30. The van der Waals surface area contributed by atoms with Crippen molar-refractivity contribution in [2.45, 2.75) is 6.54 Å². The number of rotatable bonds is 5. The fourth-order valence-electron chi connectivity index (χ4n) is 2.99. The Bertz CT molecular complexity index is 961. The number of aromatic nitrogens is 5. The Kier molecular flexibility index (Phi) is 5.44. The van der Waals surface area contributed by atoms with E-state index in [4.69, 9.17) is 0 Å². The Labute approximate surface area is 165 Å². The number of hydrogen-bond acceptors (Lipinski definition) is 7. The van der Waals surface area contributed by atoms with E-state index in [1.165, 1.54) is 22.1 Å². The van der Waals surface area contributed by atoms with Crippen molar-refractivity contribution < 1.29 is 4.79 Å². The van der Waals surface area contributed by atoms with E-state index in [0.29, 0.717) is 37.1 Å². The molecule has 1 aliphatic rings. The van der Waals surface area contributed by atoms with Gasteiger partial charge in [0.15, 0.2) is 10.9 Å². The molecule has 1 fully saturated rings. The highest BCUT2D eigenvalue weighted by atomic mass is 32.1. The minimum Gasteiger partial charge on any atom is -0.322 e. The summed E-state index contributed by atoms with van der Waals surface area (Å²) in [5.74, 6) is 0.605. The molecule has 0 bridgehead atoms. The fourth-order valence-corrected chi connectivity index (χ4v) is 3.51. The van der Waals surface area contributed by atoms with Crippen LogP contribution in [0.1, 0.15) is 0 Å². The van der Waals surface area contributed by atoms with E-state index >= 15 is 0 Å². The Morgan fingerprint density at radius 1 is 1.14 bits per heavy atom. The molecule has 0 aromatic carbocycles. The first kappa shape index (κ1) is 18.3. The van der Waals surface area contributed by atoms with Crippen molar-refractivity contribution in [3.63, 3.8) is 0 Å². The number of anilines is 1. The van der Waals surface area contributed by atoms with E-state index in [0.717, 1.165) is 13.1 Å². The molecule has 2 amide bonds. The van der Waals surface area contributed by atoms with Crippen molar-refractivity contribution in [2.75, 3.05) is 38.0 Å². The second-order valence-corrected chi connectivity index (χ2v) is 7.19. The summed E-state index contributed by atoms with van der Waals surface area (Å²) in [6, 6.07) is 4.84. The zero-order chi connectivity index (χ0) is 19.3. The van der Waals surface area contributed by atoms with Gasteiger partial charge in [0.2, 0.25) is 0 Å². The molecule has 4 rings (SSSR count). The molecular weight excluding hydrogens is 380 g/mol. The Hall–Kier alpha value is -3.05. The summed E-state index contributed by atoms with van der Waals surface area (Å²) in [7, 11) is 0. The molecule has 3 aromatic rings.